The van der Waals surface area contributed by atoms with Gasteiger partial charge in [0.05, 0.1) is 11.3 Å². The first kappa shape index (κ1) is 18.5. The summed E-state index contributed by atoms with van der Waals surface area (Å²) in [6.07, 6.45) is -1.62. The predicted molar refractivity (Wildman–Crippen MR) is 89.6 cm³/mol. The molecule has 4 nitrogen and oxygen atoms in total. The smallest absolute Gasteiger partial charge is 0.351 e. The van der Waals surface area contributed by atoms with Crippen LogP contribution in [0.15, 0.2) is 34.9 Å². The number of carbonyl (C=O) groups excluding carboxylic acids is 1. The van der Waals surface area contributed by atoms with Crippen molar-refractivity contribution in [3.8, 4) is 0 Å². The van der Waals surface area contributed by atoms with Gasteiger partial charge >= 0.3 is 6.18 Å². The molecule has 1 aliphatic rings. The lowest BCUT2D eigenvalue weighted by Crippen LogP contribution is -2.40. The summed E-state index contributed by atoms with van der Waals surface area (Å²) in [5.41, 5.74) is 0.390. The van der Waals surface area contributed by atoms with Crippen LogP contribution in [0.3, 0.4) is 0 Å². The first-order valence-electron chi connectivity index (χ1n) is 8.72. The minimum Gasteiger partial charge on any atom is -0.351 e. The molecule has 2 aromatic rings. The van der Waals surface area contributed by atoms with E-state index in [1.807, 2.05) is 0 Å². The van der Waals surface area contributed by atoms with Crippen LogP contribution in [0, 0.1) is 12.8 Å². The van der Waals surface area contributed by atoms with Crippen LogP contribution in [0.1, 0.15) is 46.6 Å². The Bertz CT molecular complexity index is 770. The molecule has 0 saturated carbocycles. The Kier molecular flexibility index (Phi) is 5.34. The molecule has 26 heavy (non-hydrogen) atoms. The number of carbonyl (C=O) groups is 1. The van der Waals surface area contributed by atoms with Crippen molar-refractivity contribution in [2.45, 2.75) is 38.8 Å². The third kappa shape index (κ3) is 4.26. The Morgan fingerprint density at radius 3 is 2.81 bits per heavy atom. The molecule has 1 aromatic heterocycles. The summed E-state index contributed by atoms with van der Waals surface area (Å²) in [6.45, 7) is 2.92. The molecule has 7 heteroatoms. The minimum atomic E-state index is -4.34. The van der Waals surface area contributed by atoms with Gasteiger partial charge in [0, 0.05) is 19.2 Å². The van der Waals surface area contributed by atoms with Crippen LogP contribution in [-0.2, 0) is 12.6 Å². The van der Waals surface area contributed by atoms with E-state index in [1.165, 1.54) is 12.1 Å². The topological polar surface area (TPSA) is 46.3 Å². The van der Waals surface area contributed by atoms with Gasteiger partial charge in [-0.05, 0) is 50.2 Å². The molecule has 0 radical (unpaired) electrons. The number of aryl methyl sites for hydroxylation is 2. The van der Waals surface area contributed by atoms with Gasteiger partial charge in [-0.25, -0.2) is 0 Å². The van der Waals surface area contributed by atoms with E-state index in [9.17, 15) is 18.0 Å². The molecule has 1 aromatic carbocycles. The number of piperidine rings is 1. The Balaban J connectivity index is 1.62. The van der Waals surface area contributed by atoms with Crippen molar-refractivity contribution in [2.24, 2.45) is 5.92 Å². The third-order valence-corrected chi connectivity index (χ3v) is 4.79. The molecular formula is C19H21F3N2O2. The first-order chi connectivity index (χ1) is 12.3. The van der Waals surface area contributed by atoms with Crippen LogP contribution < -0.4 is 0 Å². The molecule has 0 aliphatic carbocycles. The number of rotatable bonds is 4. The number of hydrogen-bond donors (Lipinski definition) is 0. The quantitative estimate of drug-likeness (QED) is 0.801. The highest BCUT2D eigenvalue weighted by atomic mass is 19.4. The highest BCUT2D eigenvalue weighted by Gasteiger charge is 2.33. The monoisotopic (exact) mass is 366 g/mol. The van der Waals surface area contributed by atoms with E-state index in [0.29, 0.717) is 37.2 Å². The van der Waals surface area contributed by atoms with E-state index in [0.717, 1.165) is 18.9 Å². The average Bonchev–Trinajstić information content (AvgIpc) is 3.05. The Labute approximate surface area is 150 Å². The molecule has 1 saturated heterocycles. The van der Waals surface area contributed by atoms with Crippen LogP contribution in [0.2, 0.25) is 0 Å². The van der Waals surface area contributed by atoms with Gasteiger partial charge in [-0.1, -0.05) is 23.4 Å². The fourth-order valence-corrected chi connectivity index (χ4v) is 3.48. The van der Waals surface area contributed by atoms with Crippen LogP contribution >= 0.6 is 0 Å². The van der Waals surface area contributed by atoms with Gasteiger partial charge in [0.1, 0.15) is 0 Å². The van der Waals surface area contributed by atoms with Crippen molar-refractivity contribution in [1.29, 1.82) is 0 Å². The molecule has 1 atom stereocenters. The summed E-state index contributed by atoms with van der Waals surface area (Å²) in [5, 5.41) is 3.73. The highest BCUT2D eigenvalue weighted by Crippen LogP contribution is 2.33. The number of halogens is 3. The van der Waals surface area contributed by atoms with Gasteiger partial charge in [0.25, 0.3) is 5.91 Å². The molecule has 2 heterocycles. The van der Waals surface area contributed by atoms with E-state index in [2.05, 4.69) is 5.16 Å². The SMILES string of the molecule is Cc1cc(C(=O)N2CCC[C@H](CCc3ccccc3C(F)(F)F)C2)on1. The third-order valence-electron chi connectivity index (χ3n) is 4.79. The normalized spacial score (nSPS) is 18.2. The Morgan fingerprint density at radius 2 is 2.12 bits per heavy atom. The van der Waals surface area contributed by atoms with Crippen molar-refractivity contribution in [2.75, 3.05) is 13.1 Å². The second-order valence-electron chi connectivity index (χ2n) is 6.79. The highest BCUT2D eigenvalue weighted by molar-refractivity contribution is 5.91. The Morgan fingerprint density at radius 1 is 1.35 bits per heavy atom. The van der Waals surface area contributed by atoms with Crippen molar-refractivity contribution in [3.63, 3.8) is 0 Å². The van der Waals surface area contributed by atoms with Crippen LogP contribution in [0.4, 0.5) is 13.2 Å². The second kappa shape index (κ2) is 7.51. The summed E-state index contributed by atoms with van der Waals surface area (Å²) in [7, 11) is 0. The van der Waals surface area contributed by atoms with E-state index in [-0.39, 0.29) is 17.6 Å². The Hall–Kier alpha value is -2.31. The largest absolute Gasteiger partial charge is 0.416 e. The number of benzene rings is 1. The summed E-state index contributed by atoms with van der Waals surface area (Å²) in [4.78, 5) is 14.2. The van der Waals surface area contributed by atoms with Gasteiger partial charge in [0.2, 0.25) is 5.76 Å². The molecule has 3 rings (SSSR count). The summed E-state index contributed by atoms with van der Waals surface area (Å²) >= 11 is 0. The summed E-state index contributed by atoms with van der Waals surface area (Å²) in [6, 6.07) is 7.30. The van der Waals surface area contributed by atoms with Crippen LogP contribution in [-0.4, -0.2) is 29.1 Å². The van der Waals surface area contributed by atoms with E-state index >= 15 is 0 Å². The molecule has 1 fully saturated rings. The van der Waals surface area contributed by atoms with E-state index in [1.54, 1.807) is 24.0 Å². The van der Waals surface area contributed by atoms with Gasteiger partial charge in [-0.3, -0.25) is 4.79 Å². The summed E-state index contributed by atoms with van der Waals surface area (Å²) < 4.78 is 44.3. The standard InChI is InChI=1S/C19H21F3N2O2/c1-13-11-17(26-23-13)18(25)24-10-4-5-14(12-24)8-9-15-6-2-3-7-16(15)19(20,21)22/h2-3,6-7,11,14H,4-5,8-10,12H2,1H3/t14-/m1/s1. The van der Waals surface area contributed by atoms with Crippen molar-refractivity contribution in [3.05, 3.63) is 52.9 Å². The molecule has 0 bridgehead atoms. The minimum absolute atomic E-state index is 0.179. The molecular weight excluding hydrogens is 345 g/mol. The van der Waals surface area contributed by atoms with Gasteiger partial charge < -0.3 is 9.42 Å². The number of amides is 1. The van der Waals surface area contributed by atoms with Gasteiger partial charge in [-0.2, -0.15) is 13.2 Å². The molecule has 1 amide bonds. The van der Waals surface area contributed by atoms with E-state index < -0.39 is 11.7 Å². The zero-order chi connectivity index (χ0) is 18.7. The maximum Gasteiger partial charge on any atom is 0.416 e. The fourth-order valence-electron chi connectivity index (χ4n) is 3.48. The molecule has 0 unspecified atom stereocenters. The predicted octanol–water partition coefficient (Wildman–Crippen LogP) is 4.49. The molecule has 0 N–H and O–H groups in total. The second-order valence-corrected chi connectivity index (χ2v) is 6.79. The lowest BCUT2D eigenvalue weighted by Gasteiger charge is -2.32. The number of hydrogen-bond acceptors (Lipinski definition) is 3. The van der Waals surface area contributed by atoms with Crippen LogP contribution in [0.25, 0.3) is 0 Å². The zero-order valence-electron chi connectivity index (χ0n) is 14.6. The van der Waals surface area contributed by atoms with Gasteiger partial charge in [-0.15, -0.1) is 0 Å². The van der Waals surface area contributed by atoms with Crippen molar-refractivity contribution >= 4 is 5.91 Å². The van der Waals surface area contributed by atoms with Crippen LogP contribution in [0.5, 0.6) is 0 Å². The number of nitrogens with zero attached hydrogens (tertiary/aromatic N) is 2. The maximum atomic E-state index is 13.1. The van der Waals surface area contributed by atoms with E-state index in [4.69, 9.17) is 4.52 Å². The lowest BCUT2D eigenvalue weighted by atomic mass is 9.90. The van der Waals surface area contributed by atoms with Gasteiger partial charge in [0.15, 0.2) is 0 Å². The van der Waals surface area contributed by atoms with Crippen molar-refractivity contribution < 1.29 is 22.5 Å². The maximum absolute atomic E-state index is 13.1. The van der Waals surface area contributed by atoms with Crippen molar-refractivity contribution in [1.82, 2.24) is 10.1 Å². The number of likely N-dealkylation sites (tertiary alicyclic amines) is 1. The number of alkyl halides is 3. The fraction of sp³-hybridized carbons (Fsp3) is 0.474. The average molecular weight is 366 g/mol. The lowest BCUT2D eigenvalue weighted by molar-refractivity contribution is -0.138. The molecule has 1 aliphatic heterocycles. The summed E-state index contributed by atoms with van der Waals surface area (Å²) in [5.74, 6) is 0.189. The zero-order valence-corrected chi connectivity index (χ0v) is 14.6. The number of aromatic nitrogens is 1. The molecule has 0 spiro atoms. The molecule has 140 valence electrons. The first-order valence-corrected chi connectivity index (χ1v) is 8.72.